The maximum absolute atomic E-state index is 12.2. The fourth-order valence-corrected chi connectivity index (χ4v) is 4.07. The van der Waals surface area contributed by atoms with Crippen LogP contribution in [0.1, 0.15) is 19.8 Å². The van der Waals surface area contributed by atoms with Gasteiger partial charge in [0.05, 0.1) is 14.2 Å². The van der Waals surface area contributed by atoms with Gasteiger partial charge in [0.25, 0.3) is 0 Å². The van der Waals surface area contributed by atoms with Crippen molar-refractivity contribution < 1.29 is 19.1 Å². The second kappa shape index (κ2) is 4.08. The van der Waals surface area contributed by atoms with Crippen molar-refractivity contribution in [2.24, 2.45) is 16.7 Å². The van der Waals surface area contributed by atoms with Gasteiger partial charge >= 0.3 is 11.9 Å². The molecule has 4 heteroatoms. The molecule has 0 unspecified atom stereocenters. The largest absolute Gasteiger partial charge is 0.468 e. The van der Waals surface area contributed by atoms with Crippen LogP contribution in [0.2, 0.25) is 0 Å². The summed E-state index contributed by atoms with van der Waals surface area (Å²) in [7, 11) is 2.64. The van der Waals surface area contributed by atoms with Crippen molar-refractivity contribution in [1.29, 1.82) is 0 Å². The fourth-order valence-electron chi connectivity index (χ4n) is 4.07. The summed E-state index contributed by atoms with van der Waals surface area (Å²) < 4.78 is 9.77. The fraction of sp³-hybridized carbons (Fsp3) is 0.500. The molecule has 1 saturated carbocycles. The van der Waals surface area contributed by atoms with Gasteiger partial charge in [-0.25, -0.2) is 0 Å². The summed E-state index contributed by atoms with van der Waals surface area (Å²) in [6.45, 7) is 2.12. The molecule has 4 nitrogen and oxygen atoms in total. The highest BCUT2D eigenvalue weighted by Gasteiger charge is 2.63. The maximum atomic E-state index is 12.2. The molecule has 0 radical (unpaired) electrons. The van der Waals surface area contributed by atoms with E-state index in [1.165, 1.54) is 25.4 Å². The average molecular weight is 274 g/mol. The number of methoxy groups -OCH3 is 2. The third kappa shape index (κ3) is 1.42. The van der Waals surface area contributed by atoms with Gasteiger partial charge in [0.15, 0.2) is 5.41 Å². The van der Waals surface area contributed by atoms with Crippen molar-refractivity contribution in [2.75, 3.05) is 14.2 Å². The van der Waals surface area contributed by atoms with Crippen LogP contribution in [0.3, 0.4) is 0 Å². The lowest BCUT2D eigenvalue weighted by Crippen LogP contribution is -2.40. The first-order valence-electron chi connectivity index (χ1n) is 6.76. The van der Waals surface area contributed by atoms with Crippen LogP contribution in [0.15, 0.2) is 35.5 Å². The number of rotatable bonds is 2. The molecule has 0 amide bonds. The summed E-state index contributed by atoms with van der Waals surface area (Å²) in [6.07, 6.45) is 9.24. The molecule has 106 valence electrons. The van der Waals surface area contributed by atoms with E-state index in [-0.39, 0.29) is 11.3 Å². The summed E-state index contributed by atoms with van der Waals surface area (Å²) in [5.41, 5.74) is 1.08. The van der Waals surface area contributed by atoms with Gasteiger partial charge in [-0.05, 0) is 29.9 Å². The van der Waals surface area contributed by atoms with Crippen molar-refractivity contribution >= 4 is 11.9 Å². The minimum absolute atomic E-state index is 0.173. The molecule has 0 saturated heterocycles. The molecule has 2 atom stereocenters. The van der Waals surface area contributed by atoms with Crippen LogP contribution in [-0.2, 0) is 19.1 Å². The zero-order valence-corrected chi connectivity index (χ0v) is 11.9. The van der Waals surface area contributed by atoms with Gasteiger partial charge in [-0.2, -0.15) is 0 Å². The van der Waals surface area contributed by atoms with Crippen LogP contribution < -0.4 is 0 Å². The number of carbonyl (C=O) groups excluding carboxylic acids is 2. The van der Waals surface area contributed by atoms with Gasteiger partial charge in [0.2, 0.25) is 0 Å². The highest BCUT2D eigenvalue weighted by atomic mass is 16.5. The number of hydrogen-bond donors (Lipinski definition) is 0. The monoisotopic (exact) mass is 274 g/mol. The minimum atomic E-state index is -1.17. The number of hydrogen-bond acceptors (Lipinski definition) is 4. The van der Waals surface area contributed by atoms with Crippen molar-refractivity contribution in [3.8, 4) is 0 Å². The van der Waals surface area contributed by atoms with Crippen LogP contribution in [0.4, 0.5) is 0 Å². The highest BCUT2D eigenvalue weighted by Crippen LogP contribution is 2.63. The second-order valence-electron chi connectivity index (χ2n) is 6.03. The molecular formula is C16H18O4. The Morgan fingerprint density at radius 2 is 1.90 bits per heavy atom. The van der Waals surface area contributed by atoms with Gasteiger partial charge in [-0.15, -0.1) is 0 Å². The molecule has 3 aliphatic carbocycles. The molecule has 0 aromatic rings. The van der Waals surface area contributed by atoms with Crippen molar-refractivity contribution in [2.45, 2.75) is 19.8 Å². The summed E-state index contributed by atoms with van der Waals surface area (Å²) in [5, 5.41) is 0. The van der Waals surface area contributed by atoms with Crippen molar-refractivity contribution in [1.82, 2.24) is 0 Å². The number of fused-ring (bicyclic) bond motifs is 3. The first-order valence-corrected chi connectivity index (χ1v) is 6.76. The van der Waals surface area contributed by atoms with E-state index in [1.54, 1.807) is 0 Å². The van der Waals surface area contributed by atoms with Gasteiger partial charge < -0.3 is 9.47 Å². The standard InChI is InChI=1S/C16H18O4/c1-15-9-16(13(17)19-2,14(18)20-3)8-11(15)7-10-5-4-6-12(10)15/h4-7,11H,8-9H2,1-3H3/t11-,15+/m1/s1. The topological polar surface area (TPSA) is 52.6 Å². The Bertz CT molecular complexity index is 565. The second-order valence-corrected chi connectivity index (χ2v) is 6.03. The predicted molar refractivity (Wildman–Crippen MR) is 72.6 cm³/mol. The van der Waals surface area contributed by atoms with Crippen LogP contribution in [-0.4, -0.2) is 26.2 Å². The summed E-state index contributed by atoms with van der Waals surface area (Å²) in [6, 6.07) is 0. The lowest BCUT2D eigenvalue weighted by molar-refractivity contribution is -0.169. The van der Waals surface area contributed by atoms with Crippen LogP contribution >= 0.6 is 0 Å². The molecule has 0 heterocycles. The molecule has 0 bridgehead atoms. The number of carbonyl (C=O) groups is 2. The minimum Gasteiger partial charge on any atom is -0.468 e. The third-order valence-electron chi connectivity index (χ3n) is 5.05. The maximum Gasteiger partial charge on any atom is 0.323 e. The van der Waals surface area contributed by atoms with Crippen LogP contribution in [0, 0.1) is 16.7 Å². The van der Waals surface area contributed by atoms with E-state index in [0.29, 0.717) is 12.8 Å². The van der Waals surface area contributed by atoms with Gasteiger partial charge in [-0.3, -0.25) is 9.59 Å². The average Bonchev–Trinajstić information content (AvgIpc) is 3.07. The third-order valence-corrected chi connectivity index (χ3v) is 5.05. The van der Waals surface area contributed by atoms with Gasteiger partial charge in [0.1, 0.15) is 0 Å². The molecule has 0 aromatic heterocycles. The summed E-state index contributed by atoms with van der Waals surface area (Å²) >= 11 is 0. The molecule has 3 aliphatic rings. The molecule has 1 fully saturated rings. The lowest BCUT2D eigenvalue weighted by Gasteiger charge is -2.28. The number of esters is 2. The molecule has 0 spiro atoms. The molecule has 0 aromatic carbocycles. The number of ether oxygens (including phenoxy) is 2. The number of allylic oxidation sites excluding steroid dienone is 6. The van der Waals surface area contributed by atoms with E-state index < -0.39 is 17.4 Å². The Morgan fingerprint density at radius 1 is 1.25 bits per heavy atom. The Morgan fingerprint density at radius 3 is 2.50 bits per heavy atom. The summed E-state index contributed by atoms with van der Waals surface area (Å²) in [4.78, 5) is 24.4. The normalized spacial score (nSPS) is 32.2. The first kappa shape index (κ1) is 13.2. The van der Waals surface area contributed by atoms with E-state index >= 15 is 0 Å². The SMILES string of the molecule is COC(=O)C1(C(=O)OC)C[C@H]2C=C3C=CC=C3[C@@]2(C)C1. The lowest BCUT2D eigenvalue weighted by atomic mass is 9.75. The molecule has 3 rings (SSSR count). The summed E-state index contributed by atoms with van der Waals surface area (Å²) in [5.74, 6) is -0.796. The van der Waals surface area contributed by atoms with E-state index in [0.717, 1.165) is 0 Å². The quantitative estimate of drug-likeness (QED) is 0.572. The Balaban J connectivity index is 2.03. The first-order chi connectivity index (χ1) is 9.48. The van der Waals surface area contributed by atoms with Gasteiger partial charge in [0, 0.05) is 5.41 Å². The Kier molecular flexibility index (Phi) is 2.68. The van der Waals surface area contributed by atoms with E-state index in [2.05, 4.69) is 25.2 Å². The Hall–Kier alpha value is -1.84. The zero-order valence-electron chi connectivity index (χ0n) is 11.9. The molecule has 0 aliphatic heterocycles. The molecule has 0 N–H and O–H groups in total. The Labute approximate surface area is 118 Å². The van der Waals surface area contributed by atoms with Crippen molar-refractivity contribution in [3.05, 3.63) is 35.5 Å². The zero-order chi connectivity index (χ0) is 14.5. The van der Waals surface area contributed by atoms with E-state index in [4.69, 9.17) is 9.47 Å². The van der Waals surface area contributed by atoms with Gasteiger partial charge in [-0.1, -0.05) is 31.2 Å². The molecular weight excluding hydrogens is 256 g/mol. The van der Waals surface area contributed by atoms with Crippen LogP contribution in [0.25, 0.3) is 0 Å². The molecule has 20 heavy (non-hydrogen) atoms. The van der Waals surface area contributed by atoms with Crippen LogP contribution in [0.5, 0.6) is 0 Å². The van der Waals surface area contributed by atoms with Crippen molar-refractivity contribution in [3.63, 3.8) is 0 Å². The predicted octanol–water partition coefficient (Wildman–Crippen LogP) is 2.17. The smallest absolute Gasteiger partial charge is 0.323 e. The van der Waals surface area contributed by atoms with E-state index in [9.17, 15) is 9.59 Å². The highest BCUT2D eigenvalue weighted by molar-refractivity contribution is 6.01. The van der Waals surface area contributed by atoms with E-state index in [1.807, 2.05) is 6.08 Å².